The number of hydrogen-bond acceptors (Lipinski definition) is 3. The number of fused-ring (bicyclic) bond motifs is 1. The summed E-state index contributed by atoms with van der Waals surface area (Å²) in [6.07, 6.45) is 2.20. The van der Waals surface area contributed by atoms with Crippen LogP contribution in [-0.4, -0.2) is 11.9 Å². The monoisotopic (exact) mass is 339 g/mol. The van der Waals surface area contributed by atoms with Crippen LogP contribution in [0.5, 0.6) is 0 Å². The Morgan fingerprint density at radius 2 is 1.42 bits per heavy atom. The predicted molar refractivity (Wildman–Crippen MR) is 106 cm³/mol. The van der Waals surface area contributed by atoms with Gasteiger partial charge in [0.25, 0.3) is 0 Å². The molecule has 1 heterocycles. The molecule has 1 saturated carbocycles. The zero-order chi connectivity index (χ0) is 17.4. The maximum absolute atomic E-state index is 5.11. The maximum atomic E-state index is 5.11. The van der Waals surface area contributed by atoms with E-state index in [1.807, 2.05) is 6.07 Å². The normalized spacial score (nSPS) is 24.1. The lowest BCUT2D eigenvalue weighted by Gasteiger charge is -2.58. The average Bonchev–Trinajstić information content (AvgIpc) is 2.71. The van der Waals surface area contributed by atoms with E-state index in [1.54, 1.807) is 0 Å². The summed E-state index contributed by atoms with van der Waals surface area (Å²) in [6, 6.07) is 32.0. The van der Waals surface area contributed by atoms with Crippen molar-refractivity contribution < 1.29 is 0 Å². The van der Waals surface area contributed by atoms with Crippen LogP contribution < -0.4 is 10.4 Å². The molecule has 0 amide bonds. The quantitative estimate of drug-likeness (QED) is 0.760. The summed E-state index contributed by atoms with van der Waals surface area (Å²) >= 11 is 0. The van der Waals surface area contributed by atoms with Gasteiger partial charge in [-0.1, -0.05) is 78.9 Å². The Balaban J connectivity index is 1.65. The highest BCUT2D eigenvalue weighted by molar-refractivity contribution is 6.00. The van der Waals surface area contributed by atoms with Gasteiger partial charge in [-0.25, -0.2) is 0 Å². The minimum Gasteiger partial charge on any atom is -0.281 e. The average molecular weight is 339 g/mol. The summed E-state index contributed by atoms with van der Waals surface area (Å²) in [6.45, 7) is 0. The number of rotatable bonds is 3. The molecule has 128 valence electrons. The Labute approximate surface area is 154 Å². The Kier molecular flexibility index (Phi) is 3.52. The molecule has 5 rings (SSSR count). The Bertz CT molecular complexity index is 921. The minimum absolute atomic E-state index is 0.124. The molecule has 1 fully saturated rings. The topological polar surface area (TPSA) is 27.6 Å². The van der Waals surface area contributed by atoms with Crippen LogP contribution in [0, 0.1) is 0 Å². The molecule has 2 atom stereocenters. The van der Waals surface area contributed by atoms with Crippen molar-refractivity contribution in [3.63, 3.8) is 0 Å². The molecule has 0 aromatic heterocycles. The van der Waals surface area contributed by atoms with E-state index in [-0.39, 0.29) is 11.6 Å². The van der Waals surface area contributed by atoms with Gasteiger partial charge in [0.1, 0.15) is 11.4 Å². The van der Waals surface area contributed by atoms with E-state index in [0.29, 0.717) is 0 Å². The van der Waals surface area contributed by atoms with E-state index in [0.717, 1.165) is 24.2 Å². The summed E-state index contributed by atoms with van der Waals surface area (Å²) < 4.78 is 0. The fraction of sp³-hybridized carbons (Fsp3) is 0.174. The van der Waals surface area contributed by atoms with Crippen LogP contribution >= 0.6 is 0 Å². The first-order valence-electron chi connectivity index (χ1n) is 9.19. The number of para-hydroxylation sites is 1. The number of benzene rings is 3. The van der Waals surface area contributed by atoms with E-state index < -0.39 is 0 Å². The van der Waals surface area contributed by atoms with Gasteiger partial charge in [0.15, 0.2) is 0 Å². The van der Waals surface area contributed by atoms with E-state index in [4.69, 9.17) is 4.99 Å². The molecular weight excluding hydrogens is 318 g/mol. The fourth-order valence-electron chi connectivity index (χ4n) is 4.17. The second kappa shape index (κ2) is 6.03. The maximum Gasteiger partial charge on any atom is 0.147 e. The molecule has 3 aromatic carbocycles. The number of amidine groups is 1. The SMILES string of the molecule is c1ccc(C2=N[C@H]3CC[C@]3(c3ccccc3)N(c3ccccc3)N2)cc1. The van der Waals surface area contributed by atoms with Crippen molar-refractivity contribution in [1.29, 1.82) is 0 Å². The van der Waals surface area contributed by atoms with Crippen molar-refractivity contribution in [2.75, 3.05) is 5.01 Å². The largest absolute Gasteiger partial charge is 0.281 e. The standard InChI is InChI=1S/C23H21N3/c1-4-10-18(11-5-1)22-24-21-16-17-23(21,19-12-6-2-7-13-19)26(25-22)20-14-8-3-9-15-20/h1-15,21H,16-17H2,(H,24,25)/t21-,23+/m0/s1. The predicted octanol–water partition coefficient (Wildman–Crippen LogP) is 4.52. The lowest BCUT2D eigenvalue weighted by atomic mass is 9.66. The number of hydrazine groups is 1. The van der Waals surface area contributed by atoms with Crippen LogP contribution in [0.1, 0.15) is 24.0 Å². The highest BCUT2D eigenvalue weighted by Crippen LogP contribution is 2.51. The summed E-state index contributed by atoms with van der Waals surface area (Å²) in [5.41, 5.74) is 7.14. The summed E-state index contributed by atoms with van der Waals surface area (Å²) in [4.78, 5) is 5.11. The third-order valence-electron chi connectivity index (χ3n) is 5.59. The molecule has 3 aromatic rings. The van der Waals surface area contributed by atoms with Crippen LogP contribution in [0.3, 0.4) is 0 Å². The van der Waals surface area contributed by atoms with Crippen LogP contribution in [0.2, 0.25) is 0 Å². The molecule has 26 heavy (non-hydrogen) atoms. The first-order valence-corrected chi connectivity index (χ1v) is 9.19. The summed E-state index contributed by atoms with van der Waals surface area (Å²) in [5, 5.41) is 2.34. The Hall–Kier alpha value is -3.07. The molecule has 1 aliphatic heterocycles. The smallest absolute Gasteiger partial charge is 0.147 e. The van der Waals surface area contributed by atoms with Gasteiger partial charge in [0.05, 0.1) is 11.7 Å². The van der Waals surface area contributed by atoms with E-state index in [2.05, 4.69) is 95.4 Å². The van der Waals surface area contributed by atoms with Crippen LogP contribution in [-0.2, 0) is 5.54 Å². The lowest BCUT2D eigenvalue weighted by Crippen LogP contribution is -2.69. The zero-order valence-electron chi connectivity index (χ0n) is 14.5. The highest BCUT2D eigenvalue weighted by Gasteiger charge is 2.55. The van der Waals surface area contributed by atoms with Crippen LogP contribution in [0.4, 0.5) is 5.69 Å². The third kappa shape index (κ3) is 2.24. The van der Waals surface area contributed by atoms with Gasteiger partial charge >= 0.3 is 0 Å². The van der Waals surface area contributed by atoms with E-state index in [1.165, 1.54) is 11.3 Å². The number of aliphatic imine (C=N–C) groups is 1. The van der Waals surface area contributed by atoms with Crippen LogP contribution in [0.15, 0.2) is 96.0 Å². The number of nitrogens with one attached hydrogen (secondary N) is 1. The number of nitrogens with zero attached hydrogens (tertiary/aromatic N) is 2. The second-order valence-electron chi connectivity index (χ2n) is 6.97. The van der Waals surface area contributed by atoms with Gasteiger partial charge in [-0.15, -0.1) is 0 Å². The van der Waals surface area contributed by atoms with Gasteiger partial charge in [0, 0.05) is 5.56 Å². The van der Waals surface area contributed by atoms with E-state index >= 15 is 0 Å². The molecule has 0 spiro atoms. The van der Waals surface area contributed by atoms with Crippen molar-refractivity contribution in [3.8, 4) is 0 Å². The van der Waals surface area contributed by atoms with Gasteiger partial charge in [-0.2, -0.15) is 0 Å². The molecule has 1 N–H and O–H groups in total. The molecule has 0 radical (unpaired) electrons. The van der Waals surface area contributed by atoms with Gasteiger partial charge < -0.3 is 0 Å². The summed E-state index contributed by atoms with van der Waals surface area (Å²) in [7, 11) is 0. The second-order valence-corrected chi connectivity index (χ2v) is 6.97. The number of hydrogen-bond donors (Lipinski definition) is 1. The van der Waals surface area contributed by atoms with Gasteiger partial charge in [0.2, 0.25) is 0 Å². The summed E-state index contributed by atoms with van der Waals surface area (Å²) in [5.74, 6) is 0.950. The van der Waals surface area contributed by atoms with Crippen LogP contribution in [0.25, 0.3) is 0 Å². The zero-order valence-corrected chi connectivity index (χ0v) is 14.5. The van der Waals surface area contributed by atoms with E-state index in [9.17, 15) is 0 Å². The first kappa shape index (κ1) is 15.2. The minimum atomic E-state index is -0.124. The van der Waals surface area contributed by atoms with Crippen molar-refractivity contribution in [2.45, 2.75) is 24.4 Å². The molecule has 0 saturated heterocycles. The van der Waals surface area contributed by atoms with Crippen molar-refractivity contribution in [2.24, 2.45) is 4.99 Å². The molecule has 1 aliphatic carbocycles. The van der Waals surface area contributed by atoms with Gasteiger partial charge in [-0.3, -0.25) is 15.4 Å². The molecule has 0 bridgehead atoms. The molecule has 3 heteroatoms. The third-order valence-corrected chi connectivity index (χ3v) is 5.59. The Morgan fingerprint density at radius 1 is 0.808 bits per heavy atom. The van der Waals surface area contributed by atoms with Crippen molar-refractivity contribution >= 4 is 11.5 Å². The molecule has 3 nitrogen and oxygen atoms in total. The highest BCUT2D eigenvalue weighted by atomic mass is 15.6. The first-order chi connectivity index (χ1) is 12.9. The number of anilines is 1. The van der Waals surface area contributed by atoms with Gasteiger partial charge in [-0.05, 0) is 30.5 Å². The fourth-order valence-corrected chi connectivity index (χ4v) is 4.17. The van der Waals surface area contributed by atoms with Crippen molar-refractivity contribution in [3.05, 3.63) is 102 Å². The Morgan fingerprint density at radius 3 is 2.04 bits per heavy atom. The molecular formula is C23H21N3. The molecule has 2 aliphatic rings. The molecule has 0 unspecified atom stereocenters. The van der Waals surface area contributed by atoms with Crippen molar-refractivity contribution in [1.82, 2.24) is 5.43 Å². The lowest BCUT2D eigenvalue weighted by molar-refractivity contribution is 0.166.